The van der Waals surface area contributed by atoms with Crippen LogP contribution in [0.3, 0.4) is 0 Å². The topological polar surface area (TPSA) is 115 Å². The second kappa shape index (κ2) is 8.32. The Labute approximate surface area is 191 Å². The Morgan fingerprint density at radius 3 is 2.79 bits per heavy atom. The van der Waals surface area contributed by atoms with E-state index in [0.29, 0.717) is 29.5 Å². The molecule has 0 aromatic carbocycles. The molecule has 33 heavy (non-hydrogen) atoms. The lowest BCUT2D eigenvalue weighted by Crippen LogP contribution is -2.20. The highest BCUT2D eigenvalue weighted by Gasteiger charge is 2.34. The van der Waals surface area contributed by atoms with Crippen LogP contribution >= 0.6 is 11.3 Å². The van der Waals surface area contributed by atoms with Gasteiger partial charge in [0.15, 0.2) is 0 Å². The first kappa shape index (κ1) is 21.7. The molecule has 0 saturated heterocycles. The molecule has 9 nitrogen and oxygen atoms in total. The summed E-state index contributed by atoms with van der Waals surface area (Å²) in [5, 5.41) is 24.7. The van der Waals surface area contributed by atoms with Gasteiger partial charge < -0.3 is 10.4 Å². The molecule has 0 spiro atoms. The van der Waals surface area contributed by atoms with Crippen LogP contribution in [-0.4, -0.2) is 41.4 Å². The first-order valence-corrected chi connectivity index (χ1v) is 11.5. The van der Waals surface area contributed by atoms with E-state index in [1.807, 2.05) is 0 Å². The maximum atomic E-state index is 13.0. The normalized spacial score (nSPS) is 17.9. The van der Waals surface area contributed by atoms with Gasteiger partial charge in [0.2, 0.25) is 5.95 Å². The average molecular weight is 477 g/mol. The molecule has 1 atom stereocenters. The molecule has 12 heteroatoms. The third-order valence-electron chi connectivity index (χ3n) is 6.22. The number of carbonyl (C=O) groups is 2. The van der Waals surface area contributed by atoms with Crippen molar-refractivity contribution in [2.75, 3.05) is 5.32 Å². The number of nitrogens with zero attached hydrogens (tertiary/aromatic N) is 5. The highest BCUT2D eigenvalue weighted by atomic mass is 32.1. The van der Waals surface area contributed by atoms with Gasteiger partial charge in [-0.15, -0.1) is 21.5 Å². The van der Waals surface area contributed by atoms with Gasteiger partial charge in [-0.3, -0.25) is 14.0 Å². The van der Waals surface area contributed by atoms with Crippen LogP contribution in [0.5, 0.6) is 0 Å². The SMILES string of the molecule is Cn1nc(C(F)F)cc1Nc1nncn1[C@H]1CCc2sc(CC(=O)C3CC3)c(C(=O)O)c2C1. The zero-order valence-electron chi connectivity index (χ0n) is 17.8. The predicted molar refractivity (Wildman–Crippen MR) is 115 cm³/mol. The van der Waals surface area contributed by atoms with Crippen molar-refractivity contribution in [2.45, 2.75) is 51.0 Å². The van der Waals surface area contributed by atoms with E-state index in [1.165, 1.54) is 22.1 Å². The molecule has 0 unspecified atom stereocenters. The fourth-order valence-corrected chi connectivity index (χ4v) is 5.72. The molecule has 5 rings (SSSR count). The van der Waals surface area contributed by atoms with Gasteiger partial charge in [-0.1, -0.05) is 0 Å². The number of nitrogens with one attached hydrogen (secondary N) is 1. The molecule has 2 aliphatic carbocycles. The maximum absolute atomic E-state index is 13.0. The Kier molecular flexibility index (Phi) is 5.47. The second-order valence-corrected chi connectivity index (χ2v) is 9.68. The van der Waals surface area contributed by atoms with Gasteiger partial charge in [-0.2, -0.15) is 5.10 Å². The molecule has 1 fully saturated rings. The molecular formula is C21H22F2N6O3S. The lowest BCUT2D eigenvalue weighted by Gasteiger charge is -2.25. The van der Waals surface area contributed by atoms with Gasteiger partial charge in [-0.25, -0.2) is 13.6 Å². The summed E-state index contributed by atoms with van der Waals surface area (Å²) >= 11 is 1.44. The molecule has 3 aromatic heterocycles. The van der Waals surface area contributed by atoms with Crippen LogP contribution in [-0.2, 0) is 31.1 Å². The van der Waals surface area contributed by atoms with E-state index < -0.39 is 12.4 Å². The van der Waals surface area contributed by atoms with Crippen molar-refractivity contribution in [2.24, 2.45) is 13.0 Å². The number of hydrogen-bond acceptors (Lipinski definition) is 7. The van der Waals surface area contributed by atoms with Crippen LogP contribution in [0.1, 0.15) is 63.1 Å². The molecule has 2 N–H and O–H groups in total. The van der Waals surface area contributed by atoms with Gasteiger partial charge in [-0.05, 0) is 37.7 Å². The Morgan fingerprint density at radius 1 is 1.33 bits per heavy atom. The lowest BCUT2D eigenvalue weighted by molar-refractivity contribution is -0.119. The van der Waals surface area contributed by atoms with Gasteiger partial charge in [0.25, 0.3) is 6.43 Å². The molecule has 0 radical (unpaired) electrons. The number of Topliss-reactive ketones (excluding diaryl/α,β-unsaturated/α-hetero) is 1. The van der Waals surface area contributed by atoms with Crippen LogP contribution in [0.2, 0.25) is 0 Å². The molecule has 0 amide bonds. The third kappa shape index (κ3) is 4.14. The van der Waals surface area contributed by atoms with Crippen molar-refractivity contribution >= 4 is 34.9 Å². The number of carbonyl (C=O) groups excluding carboxylic acids is 1. The van der Waals surface area contributed by atoms with Gasteiger partial charge in [0.1, 0.15) is 23.6 Å². The van der Waals surface area contributed by atoms with Gasteiger partial charge in [0, 0.05) is 41.2 Å². The number of aryl methyl sites for hydroxylation is 2. The van der Waals surface area contributed by atoms with Crippen LogP contribution < -0.4 is 5.32 Å². The van der Waals surface area contributed by atoms with E-state index in [0.717, 1.165) is 29.7 Å². The summed E-state index contributed by atoms with van der Waals surface area (Å²) in [5.74, 6) is -0.0931. The van der Waals surface area contributed by atoms with Crippen LogP contribution in [0, 0.1) is 5.92 Å². The summed E-state index contributed by atoms with van der Waals surface area (Å²) in [4.78, 5) is 26.1. The second-order valence-electron chi connectivity index (χ2n) is 8.49. The van der Waals surface area contributed by atoms with Crippen LogP contribution in [0.15, 0.2) is 12.4 Å². The molecule has 3 aromatic rings. The minimum atomic E-state index is -2.68. The largest absolute Gasteiger partial charge is 0.478 e. The van der Waals surface area contributed by atoms with Gasteiger partial charge in [0.05, 0.1) is 5.56 Å². The number of rotatable bonds is 8. The number of ketones is 1. The van der Waals surface area contributed by atoms with E-state index in [4.69, 9.17) is 0 Å². The number of aromatic nitrogens is 5. The number of carboxylic acids is 1. The zero-order chi connectivity index (χ0) is 23.3. The quantitative estimate of drug-likeness (QED) is 0.509. The number of hydrogen-bond donors (Lipinski definition) is 2. The van der Waals surface area contributed by atoms with Crippen molar-refractivity contribution in [1.29, 1.82) is 0 Å². The molecule has 1 saturated carbocycles. The Bertz CT molecular complexity index is 1230. The van der Waals surface area contributed by atoms with E-state index in [-0.39, 0.29) is 35.4 Å². The summed E-state index contributed by atoms with van der Waals surface area (Å²) in [6, 6.07) is 1.14. The number of alkyl halides is 2. The zero-order valence-corrected chi connectivity index (χ0v) is 18.6. The van der Waals surface area contributed by atoms with Crippen molar-refractivity contribution in [3.63, 3.8) is 0 Å². The van der Waals surface area contributed by atoms with Crippen molar-refractivity contribution in [3.05, 3.63) is 39.0 Å². The lowest BCUT2D eigenvalue weighted by atomic mass is 9.90. The first-order valence-electron chi connectivity index (χ1n) is 10.7. The average Bonchev–Trinajstić information content (AvgIpc) is 3.25. The molecule has 0 aliphatic heterocycles. The molecule has 3 heterocycles. The standard InChI is InChI=1S/C21H22F2N6O3S/c1-28-17(7-13(27-28)19(22)23)25-21-26-24-9-29(21)11-4-5-15-12(6-11)18(20(31)32)16(33-15)8-14(30)10-2-3-10/h7,9-11,19H,2-6,8H2,1H3,(H,25,26)(H,31,32)/t11-/m0/s1. The summed E-state index contributed by atoms with van der Waals surface area (Å²) in [7, 11) is 1.55. The highest BCUT2D eigenvalue weighted by Crippen LogP contribution is 2.40. The molecule has 2 aliphatic rings. The van der Waals surface area contributed by atoms with Crippen LogP contribution in [0.25, 0.3) is 0 Å². The minimum Gasteiger partial charge on any atom is -0.478 e. The van der Waals surface area contributed by atoms with Crippen molar-refractivity contribution in [3.8, 4) is 0 Å². The summed E-state index contributed by atoms with van der Waals surface area (Å²) < 4.78 is 29.1. The van der Waals surface area contributed by atoms with E-state index >= 15 is 0 Å². The van der Waals surface area contributed by atoms with Crippen molar-refractivity contribution < 1.29 is 23.5 Å². The molecule has 174 valence electrons. The Morgan fingerprint density at radius 2 is 2.12 bits per heavy atom. The fourth-order valence-electron chi connectivity index (χ4n) is 4.37. The third-order valence-corrected chi connectivity index (χ3v) is 7.51. The van der Waals surface area contributed by atoms with E-state index in [9.17, 15) is 23.5 Å². The summed E-state index contributed by atoms with van der Waals surface area (Å²) in [6.45, 7) is 0. The number of anilines is 2. The van der Waals surface area contributed by atoms with Crippen LogP contribution in [0.4, 0.5) is 20.5 Å². The predicted octanol–water partition coefficient (Wildman–Crippen LogP) is 3.70. The number of aromatic carboxylic acids is 1. The Hall–Kier alpha value is -3.15. The summed E-state index contributed by atoms with van der Waals surface area (Å²) in [5.41, 5.74) is 0.679. The van der Waals surface area contributed by atoms with E-state index in [1.54, 1.807) is 17.9 Å². The number of carboxylic acid groups (broad SMARTS) is 1. The van der Waals surface area contributed by atoms with Gasteiger partial charge >= 0.3 is 5.97 Å². The summed E-state index contributed by atoms with van der Waals surface area (Å²) in [6.07, 6.45) is 2.72. The molecule has 0 bridgehead atoms. The van der Waals surface area contributed by atoms with E-state index in [2.05, 4.69) is 20.6 Å². The fraction of sp³-hybridized carbons (Fsp3) is 0.476. The minimum absolute atomic E-state index is 0.0850. The maximum Gasteiger partial charge on any atom is 0.337 e. The first-order chi connectivity index (χ1) is 15.8. The number of halogens is 2. The van der Waals surface area contributed by atoms with Crippen molar-refractivity contribution in [1.82, 2.24) is 24.5 Å². The highest BCUT2D eigenvalue weighted by molar-refractivity contribution is 7.12. The monoisotopic (exact) mass is 476 g/mol. The Balaban J connectivity index is 1.40. The number of fused-ring (bicyclic) bond motifs is 1. The molecular weight excluding hydrogens is 454 g/mol. The smallest absolute Gasteiger partial charge is 0.337 e. The number of thiophene rings is 1.